The molecule has 4 aromatic rings. The summed E-state index contributed by atoms with van der Waals surface area (Å²) in [6.07, 6.45) is 11.3. The Morgan fingerprint density at radius 2 is 1.18 bits per heavy atom. The van der Waals surface area contributed by atoms with Gasteiger partial charge in [-0.3, -0.25) is 20.4 Å². The summed E-state index contributed by atoms with van der Waals surface area (Å²) >= 11 is 0. The van der Waals surface area contributed by atoms with Crippen molar-refractivity contribution >= 4 is 22.6 Å². The van der Waals surface area contributed by atoms with E-state index in [-0.39, 0.29) is 0 Å². The van der Waals surface area contributed by atoms with E-state index in [2.05, 4.69) is 63.5 Å². The molecule has 0 saturated heterocycles. The number of benzene rings is 2. The number of hydrogen-bond donors (Lipinski definition) is 1. The molecule has 2 aromatic heterocycles. The highest BCUT2D eigenvalue weighted by molar-refractivity contribution is 6.62. The predicted molar refractivity (Wildman–Crippen MR) is 136 cm³/mol. The van der Waals surface area contributed by atoms with Crippen molar-refractivity contribution in [2.24, 2.45) is 4.99 Å². The van der Waals surface area contributed by atoms with Crippen molar-refractivity contribution in [1.82, 2.24) is 9.97 Å². The highest BCUT2D eigenvalue weighted by Gasteiger charge is 2.20. The van der Waals surface area contributed by atoms with Crippen molar-refractivity contribution in [1.29, 1.82) is 5.41 Å². The summed E-state index contributed by atoms with van der Waals surface area (Å²) in [6, 6.07) is 24.6. The maximum atomic E-state index is 8.78. The van der Waals surface area contributed by atoms with Crippen molar-refractivity contribution in [2.75, 3.05) is 7.05 Å². The molecule has 1 aliphatic rings. The average molecular weight is 427 g/mol. The SMILES string of the molecule is C/N=C1/C=C(c2cccc(-c3cccnc3)c2)C=C(c2cccc(-c3cccnc3)c2)C1=N. The fourth-order valence-corrected chi connectivity index (χ4v) is 4.01. The molecule has 0 unspecified atom stereocenters. The van der Waals surface area contributed by atoms with Crippen LogP contribution in [-0.2, 0) is 0 Å². The molecule has 5 rings (SSSR count). The maximum absolute atomic E-state index is 8.78. The van der Waals surface area contributed by atoms with Gasteiger partial charge in [-0.1, -0.05) is 48.5 Å². The number of aliphatic imine (C=N–C) groups is 1. The smallest absolute Gasteiger partial charge is 0.0870 e. The predicted octanol–water partition coefficient (Wildman–Crippen LogP) is 6.38. The molecule has 0 radical (unpaired) electrons. The fourth-order valence-electron chi connectivity index (χ4n) is 4.01. The average Bonchev–Trinajstić information content (AvgIpc) is 2.90. The third-order valence-electron chi connectivity index (χ3n) is 5.72. The lowest BCUT2D eigenvalue weighted by atomic mass is 9.86. The van der Waals surface area contributed by atoms with Gasteiger partial charge < -0.3 is 0 Å². The minimum atomic E-state index is 0.424. The number of rotatable bonds is 4. The highest BCUT2D eigenvalue weighted by Crippen LogP contribution is 2.32. The quantitative estimate of drug-likeness (QED) is 0.385. The van der Waals surface area contributed by atoms with E-state index in [4.69, 9.17) is 5.41 Å². The second-order valence-electron chi connectivity index (χ2n) is 7.79. The summed E-state index contributed by atoms with van der Waals surface area (Å²) in [5.41, 5.74) is 9.32. The van der Waals surface area contributed by atoms with E-state index in [9.17, 15) is 0 Å². The molecule has 0 amide bonds. The summed E-state index contributed by atoms with van der Waals surface area (Å²) in [5, 5.41) is 8.78. The third kappa shape index (κ3) is 4.19. The number of nitrogens with one attached hydrogen (secondary N) is 1. The molecule has 0 aliphatic heterocycles. The Balaban J connectivity index is 1.58. The summed E-state index contributed by atoms with van der Waals surface area (Å²) in [6.45, 7) is 0. The molecule has 158 valence electrons. The van der Waals surface area contributed by atoms with E-state index in [0.717, 1.165) is 44.5 Å². The van der Waals surface area contributed by atoms with Crippen LogP contribution in [0.25, 0.3) is 33.4 Å². The van der Waals surface area contributed by atoms with Gasteiger partial charge in [0, 0.05) is 48.5 Å². The van der Waals surface area contributed by atoms with Crippen LogP contribution in [0.4, 0.5) is 0 Å². The van der Waals surface area contributed by atoms with Crippen LogP contribution in [0.5, 0.6) is 0 Å². The minimum Gasteiger partial charge on any atom is -0.298 e. The van der Waals surface area contributed by atoms with E-state index in [1.165, 1.54) is 0 Å². The van der Waals surface area contributed by atoms with Crippen molar-refractivity contribution in [3.8, 4) is 22.3 Å². The first kappa shape index (κ1) is 20.5. The van der Waals surface area contributed by atoms with Crippen LogP contribution in [0.1, 0.15) is 11.1 Å². The second kappa shape index (κ2) is 8.97. The number of nitrogens with zero attached hydrogens (tertiary/aromatic N) is 3. The first-order chi connectivity index (χ1) is 16.2. The van der Waals surface area contributed by atoms with Crippen LogP contribution in [0.15, 0.2) is 115 Å². The van der Waals surface area contributed by atoms with Crippen LogP contribution in [0.2, 0.25) is 0 Å². The zero-order valence-corrected chi connectivity index (χ0v) is 18.2. The number of allylic oxidation sites excluding steroid dienone is 4. The van der Waals surface area contributed by atoms with Gasteiger partial charge in [-0.2, -0.15) is 0 Å². The van der Waals surface area contributed by atoms with Gasteiger partial charge in [-0.25, -0.2) is 0 Å². The van der Waals surface area contributed by atoms with E-state index in [1.807, 2.05) is 48.8 Å². The molecule has 4 heteroatoms. The molecule has 1 aliphatic carbocycles. The lowest BCUT2D eigenvalue weighted by Crippen LogP contribution is -2.17. The standard InChI is InChI=1S/C29H22N4/c1-31-28-17-26(22-8-2-6-20(14-22)24-10-4-12-32-18-24)16-27(29(28)30)23-9-3-7-21(15-23)25-11-5-13-33-19-25/h2-19,30H,1H3/b30-29?,31-28-. The van der Waals surface area contributed by atoms with Crippen LogP contribution in [-0.4, -0.2) is 28.4 Å². The van der Waals surface area contributed by atoms with E-state index in [0.29, 0.717) is 11.4 Å². The van der Waals surface area contributed by atoms with Crippen molar-refractivity contribution in [3.05, 3.63) is 121 Å². The first-order valence-corrected chi connectivity index (χ1v) is 10.7. The third-order valence-corrected chi connectivity index (χ3v) is 5.72. The Morgan fingerprint density at radius 1 is 0.636 bits per heavy atom. The molecular formula is C29H22N4. The summed E-state index contributed by atoms with van der Waals surface area (Å²) in [5.74, 6) is 0. The van der Waals surface area contributed by atoms with Gasteiger partial charge >= 0.3 is 0 Å². The number of pyridine rings is 2. The topological polar surface area (TPSA) is 62.0 Å². The van der Waals surface area contributed by atoms with Gasteiger partial charge in [0.2, 0.25) is 0 Å². The molecule has 0 bridgehead atoms. The van der Waals surface area contributed by atoms with Crippen LogP contribution < -0.4 is 0 Å². The van der Waals surface area contributed by atoms with E-state index >= 15 is 0 Å². The number of hydrogen-bond acceptors (Lipinski definition) is 4. The second-order valence-corrected chi connectivity index (χ2v) is 7.79. The lowest BCUT2D eigenvalue weighted by Gasteiger charge is -2.18. The normalized spacial score (nSPS) is 14.7. The molecule has 0 fully saturated rings. The van der Waals surface area contributed by atoms with Gasteiger partial charge in [0.05, 0.1) is 11.4 Å². The summed E-state index contributed by atoms with van der Waals surface area (Å²) in [4.78, 5) is 12.9. The fraction of sp³-hybridized carbons (Fsp3) is 0.0345. The van der Waals surface area contributed by atoms with Crippen LogP contribution >= 0.6 is 0 Å². The Hall–Kier alpha value is -4.44. The molecule has 1 N–H and O–H groups in total. The highest BCUT2D eigenvalue weighted by atomic mass is 14.7. The zero-order chi connectivity index (χ0) is 22.6. The van der Waals surface area contributed by atoms with Gasteiger partial charge in [-0.05, 0) is 64.2 Å². The largest absolute Gasteiger partial charge is 0.298 e. The molecule has 2 heterocycles. The molecule has 33 heavy (non-hydrogen) atoms. The van der Waals surface area contributed by atoms with Crippen molar-refractivity contribution in [3.63, 3.8) is 0 Å². The monoisotopic (exact) mass is 426 g/mol. The van der Waals surface area contributed by atoms with Gasteiger partial charge in [0.1, 0.15) is 0 Å². The number of aromatic nitrogens is 2. The molecule has 2 aromatic carbocycles. The van der Waals surface area contributed by atoms with Gasteiger partial charge in [0.15, 0.2) is 0 Å². The Bertz CT molecular complexity index is 1410. The zero-order valence-electron chi connectivity index (χ0n) is 18.2. The van der Waals surface area contributed by atoms with Crippen LogP contribution in [0.3, 0.4) is 0 Å². The van der Waals surface area contributed by atoms with Gasteiger partial charge in [0.25, 0.3) is 0 Å². The van der Waals surface area contributed by atoms with Crippen molar-refractivity contribution < 1.29 is 0 Å². The molecule has 4 nitrogen and oxygen atoms in total. The molecule has 0 saturated carbocycles. The van der Waals surface area contributed by atoms with E-state index in [1.54, 1.807) is 19.4 Å². The van der Waals surface area contributed by atoms with E-state index < -0.39 is 0 Å². The molecule has 0 atom stereocenters. The molecule has 0 spiro atoms. The van der Waals surface area contributed by atoms with Gasteiger partial charge in [-0.15, -0.1) is 0 Å². The first-order valence-electron chi connectivity index (χ1n) is 10.7. The Morgan fingerprint density at radius 3 is 1.76 bits per heavy atom. The maximum Gasteiger partial charge on any atom is 0.0870 e. The summed E-state index contributed by atoms with van der Waals surface area (Å²) < 4.78 is 0. The van der Waals surface area contributed by atoms with Crippen molar-refractivity contribution in [2.45, 2.75) is 0 Å². The summed E-state index contributed by atoms with van der Waals surface area (Å²) in [7, 11) is 1.74. The van der Waals surface area contributed by atoms with Crippen LogP contribution in [0, 0.1) is 5.41 Å². The molecular weight excluding hydrogens is 404 g/mol. The minimum absolute atomic E-state index is 0.424. The Labute approximate surface area is 193 Å². The lowest BCUT2D eigenvalue weighted by molar-refractivity contribution is 1.33. The Kier molecular flexibility index (Phi) is 5.56.